The highest BCUT2D eigenvalue weighted by Gasteiger charge is 2.17. The number of fused-ring (bicyclic) bond motifs is 6. The molecule has 1 aromatic heterocycles. The summed E-state index contributed by atoms with van der Waals surface area (Å²) in [5.74, 6) is 0.678. The molecule has 0 aliphatic carbocycles. The lowest BCUT2D eigenvalue weighted by molar-refractivity contribution is 1.19. The van der Waals surface area contributed by atoms with Crippen molar-refractivity contribution in [3.8, 4) is 33.9 Å². The molecule has 0 amide bonds. The zero-order valence-electron chi connectivity index (χ0n) is 26.1. The standard InChI is InChI=1S/C44H31N3/c1-3-12-33(28-45-2)29-21-23-30(24-22-29)44-46-42(40-25-31-13-4-6-15-34(31)36-17-8-10-19-38(36)40)27-43(47-44)41-26-32-14-5-7-16-35(32)37-18-9-11-20-39(37)41/h3-28H,2H2,1H3/b12-3-,33-28+. The number of hydrogen-bond acceptors (Lipinski definition) is 3. The third kappa shape index (κ3) is 5.08. The van der Waals surface area contributed by atoms with Crippen LogP contribution in [-0.2, 0) is 0 Å². The minimum absolute atomic E-state index is 0.678. The number of nitrogens with zero attached hydrogens (tertiary/aromatic N) is 3. The van der Waals surface area contributed by atoms with E-state index in [9.17, 15) is 0 Å². The Kier molecular flexibility index (Phi) is 7.20. The summed E-state index contributed by atoms with van der Waals surface area (Å²) in [4.78, 5) is 14.6. The second-order valence-electron chi connectivity index (χ2n) is 11.7. The van der Waals surface area contributed by atoms with E-state index in [-0.39, 0.29) is 0 Å². The van der Waals surface area contributed by atoms with Gasteiger partial charge in [-0.25, -0.2) is 9.97 Å². The average Bonchev–Trinajstić information content (AvgIpc) is 3.14. The molecule has 0 aliphatic heterocycles. The molecule has 0 atom stereocenters. The summed E-state index contributed by atoms with van der Waals surface area (Å²) in [7, 11) is 0. The van der Waals surface area contributed by atoms with Crippen molar-refractivity contribution in [2.45, 2.75) is 6.92 Å². The molecule has 1 heterocycles. The molecule has 0 saturated carbocycles. The highest BCUT2D eigenvalue weighted by Crippen LogP contribution is 2.39. The van der Waals surface area contributed by atoms with Crippen LogP contribution in [0.4, 0.5) is 0 Å². The smallest absolute Gasteiger partial charge is 0.160 e. The van der Waals surface area contributed by atoms with E-state index in [1.165, 1.54) is 43.1 Å². The van der Waals surface area contributed by atoms with Crippen molar-refractivity contribution in [2.24, 2.45) is 4.99 Å². The van der Waals surface area contributed by atoms with Gasteiger partial charge in [0.25, 0.3) is 0 Å². The van der Waals surface area contributed by atoms with Gasteiger partial charge in [0.1, 0.15) is 0 Å². The molecule has 0 radical (unpaired) electrons. The second kappa shape index (κ2) is 12.0. The molecule has 0 unspecified atom stereocenters. The van der Waals surface area contributed by atoms with E-state index in [1.807, 2.05) is 19.1 Å². The summed E-state index contributed by atoms with van der Waals surface area (Å²) in [6, 6.07) is 49.4. The first-order valence-corrected chi connectivity index (χ1v) is 15.8. The van der Waals surface area contributed by atoms with Gasteiger partial charge >= 0.3 is 0 Å². The predicted molar refractivity (Wildman–Crippen MR) is 201 cm³/mol. The van der Waals surface area contributed by atoms with E-state index in [0.717, 1.165) is 39.2 Å². The molecule has 0 bridgehead atoms. The van der Waals surface area contributed by atoms with Crippen molar-refractivity contribution in [3.05, 3.63) is 163 Å². The molecule has 0 saturated heterocycles. The Balaban J connectivity index is 1.41. The predicted octanol–water partition coefficient (Wildman–Crippen LogP) is 11.7. The van der Waals surface area contributed by atoms with Crippen LogP contribution in [0.15, 0.2) is 163 Å². The Labute approximate surface area is 273 Å². The molecule has 8 aromatic rings. The van der Waals surface area contributed by atoms with Gasteiger partial charge in [0.2, 0.25) is 0 Å². The number of allylic oxidation sites excluding steroid dienone is 3. The van der Waals surface area contributed by atoms with Crippen LogP contribution >= 0.6 is 0 Å². The average molecular weight is 602 g/mol. The number of benzene rings is 7. The second-order valence-corrected chi connectivity index (χ2v) is 11.7. The Hall–Kier alpha value is -6.19. The minimum Gasteiger partial charge on any atom is -0.272 e. The molecule has 0 fully saturated rings. The quantitative estimate of drug-likeness (QED) is 0.108. The van der Waals surface area contributed by atoms with Crippen LogP contribution in [0.25, 0.3) is 82.6 Å². The van der Waals surface area contributed by atoms with Gasteiger partial charge in [0.15, 0.2) is 5.82 Å². The maximum absolute atomic E-state index is 5.28. The van der Waals surface area contributed by atoms with E-state index in [4.69, 9.17) is 9.97 Å². The third-order valence-electron chi connectivity index (χ3n) is 8.87. The van der Waals surface area contributed by atoms with E-state index < -0.39 is 0 Å². The fraction of sp³-hybridized carbons (Fsp3) is 0.0227. The Morgan fingerprint density at radius 2 is 1.02 bits per heavy atom. The third-order valence-corrected chi connectivity index (χ3v) is 8.87. The van der Waals surface area contributed by atoms with Crippen LogP contribution in [0.1, 0.15) is 12.5 Å². The van der Waals surface area contributed by atoms with Gasteiger partial charge in [-0.1, -0.05) is 133 Å². The number of aromatic nitrogens is 2. The normalized spacial score (nSPS) is 12.1. The van der Waals surface area contributed by atoms with Gasteiger partial charge < -0.3 is 0 Å². The lowest BCUT2D eigenvalue weighted by atomic mass is 9.93. The first kappa shape index (κ1) is 28.3. The van der Waals surface area contributed by atoms with Crippen molar-refractivity contribution in [1.82, 2.24) is 9.97 Å². The number of rotatable bonds is 6. The maximum Gasteiger partial charge on any atom is 0.160 e. The van der Waals surface area contributed by atoms with Gasteiger partial charge in [-0.15, -0.1) is 0 Å². The van der Waals surface area contributed by atoms with Crippen LogP contribution < -0.4 is 0 Å². The molecule has 3 heteroatoms. The lowest BCUT2D eigenvalue weighted by Gasteiger charge is -2.15. The summed E-state index contributed by atoms with van der Waals surface area (Å²) in [6.07, 6.45) is 5.82. The Morgan fingerprint density at radius 1 is 0.553 bits per heavy atom. The van der Waals surface area contributed by atoms with Crippen molar-refractivity contribution in [2.75, 3.05) is 0 Å². The summed E-state index contributed by atoms with van der Waals surface area (Å²) in [6.45, 7) is 5.65. The van der Waals surface area contributed by atoms with Gasteiger partial charge in [-0.05, 0) is 86.1 Å². The SMILES string of the molecule is C=N/C=C(\C=C/C)c1ccc(-c2nc(-c3cc4ccccc4c4ccccc34)cc(-c3cc4ccccc4c4ccccc34)n2)cc1. The maximum atomic E-state index is 5.28. The first-order chi connectivity index (χ1) is 23.2. The van der Waals surface area contributed by atoms with Crippen LogP contribution in [-0.4, -0.2) is 16.7 Å². The summed E-state index contributed by atoms with van der Waals surface area (Å²) in [5.41, 5.74) is 6.93. The Morgan fingerprint density at radius 3 is 1.51 bits per heavy atom. The molecule has 8 rings (SSSR count). The summed E-state index contributed by atoms with van der Waals surface area (Å²) < 4.78 is 0. The molecular formula is C44H31N3. The molecule has 0 N–H and O–H groups in total. The molecule has 47 heavy (non-hydrogen) atoms. The van der Waals surface area contributed by atoms with Crippen molar-refractivity contribution < 1.29 is 0 Å². The molecular weight excluding hydrogens is 571 g/mol. The van der Waals surface area contributed by atoms with Crippen LogP contribution in [0.2, 0.25) is 0 Å². The van der Waals surface area contributed by atoms with E-state index in [2.05, 4.69) is 151 Å². The van der Waals surface area contributed by atoms with Crippen molar-refractivity contribution in [1.29, 1.82) is 0 Å². The van der Waals surface area contributed by atoms with E-state index >= 15 is 0 Å². The van der Waals surface area contributed by atoms with E-state index in [0.29, 0.717) is 5.82 Å². The monoisotopic (exact) mass is 601 g/mol. The summed E-state index contributed by atoms with van der Waals surface area (Å²) in [5, 5.41) is 9.58. The molecule has 222 valence electrons. The van der Waals surface area contributed by atoms with Gasteiger partial charge in [-0.2, -0.15) is 0 Å². The minimum atomic E-state index is 0.678. The number of hydrogen-bond donors (Lipinski definition) is 0. The van der Waals surface area contributed by atoms with E-state index in [1.54, 1.807) is 6.20 Å². The molecule has 3 nitrogen and oxygen atoms in total. The van der Waals surface area contributed by atoms with Crippen molar-refractivity contribution in [3.63, 3.8) is 0 Å². The highest BCUT2D eigenvalue weighted by molar-refractivity contribution is 6.15. The van der Waals surface area contributed by atoms with Crippen molar-refractivity contribution >= 4 is 55.4 Å². The molecule has 0 spiro atoms. The van der Waals surface area contributed by atoms with Crippen LogP contribution in [0.3, 0.4) is 0 Å². The zero-order chi connectivity index (χ0) is 31.7. The van der Waals surface area contributed by atoms with Gasteiger partial charge in [0.05, 0.1) is 11.4 Å². The fourth-order valence-electron chi connectivity index (χ4n) is 6.69. The fourth-order valence-corrected chi connectivity index (χ4v) is 6.69. The summed E-state index contributed by atoms with van der Waals surface area (Å²) >= 11 is 0. The first-order valence-electron chi connectivity index (χ1n) is 15.8. The molecule has 0 aliphatic rings. The van der Waals surface area contributed by atoms with Crippen LogP contribution in [0.5, 0.6) is 0 Å². The van der Waals surface area contributed by atoms with Crippen LogP contribution in [0, 0.1) is 0 Å². The van der Waals surface area contributed by atoms with Gasteiger partial charge in [-0.3, -0.25) is 4.99 Å². The topological polar surface area (TPSA) is 38.1 Å². The Bertz CT molecular complexity index is 2400. The number of aliphatic imine (C=N–C) groups is 1. The lowest BCUT2D eigenvalue weighted by Crippen LogP contribution is -1.97. The highest BCUT2D eigenvalue weighted by atomic mass is 14.9. The zero-order valence-corrected chi connectivity index (χ0v) is 26.1. The van der Waals surface area contributed by atoms with Gasteiger partial charge in [0, 0.05) is 22.9 Å². The molecule has 7 aromatic carbocycles. The largest absolute Gasteiger partial charge is 0.272 e.